The SMILES string of the molecule is CCc1oc2c(OC)cccc2c1N. The quantitative estimate of drug-likeness (QED) is 0.793. The van der Waals surface area contributed by atoms with Crippen molar-refractivity contribution in [2.45, 2.75) is 13.3 Å². The van der Waals surface area contributed by atoms with E-state index in [0.717, 1.165) is 34.6 Å². The van der Waals surface area contributed by atoms with Crippen molar-refractivity contribution in [2.75, 3.05) is 12.8 Å². The molecule has 1 aromatic heterocycles. The molecular formula is C11H13NO2. The van der Waals surface area contributed by atoms with E-state index in [9.17, 15) is 0 Å². The van der Waals surface area contributed by atoms with Crippen molar-refractivity contribution < 1.29 is 9.15 Å². The summed E-state index contributed by atoms with van der Waals surface area (Å²) in [6, 6.07) is 5.72. The molecule has 3 heteroatoms. The first-order chi connectivity index (χ1) is 6.77. The summed E-state index contributed by atoms with van der Waals surface area (Å²) < 4.78 is 10.8. The van der Waals surface area contributed by atoms with Crippen LogP contribution >= 0.6 is 0 Å². The van der Waals surface area contributed by atoms with Crippen LogP contribution in [0.15, 0.2) is 22.6 Å². The van der Waals surface area contributed by atoms with E-state index in [2.05, 4.69) is 0 Å². The Balaban J connectivity index is 2.77. The predicted octanol–water partition coefficient (Wildman–Crippen LogP) is 2.59. The molecule has 1 aromatic carbocycles. The number of furan rings is 1. The van der Waals surface area contributed by atoms with Crippen LogP contribution in [0.1, 0.15) is 12.7 Å². The number of fused-ring (bicyclic) bond motifs is 1. The summed E-state index contributed by atoms with van der Waals surface area (Å²) in [5.41, 5.74) is 7.39. The lowest BCUT2D eigenvalue weighted by Crippen LogP contribution is -1.87. The molecule has 0 aliphatic rings. The van der Waals surface area contributed by atoms with E-state index in [4.69, 9.17) is 14.9 Å². The van der Waals surface area contributed by atoms with Crippen LogP contribution in [-0.4, -0.2) is 7.11 Å². The molecule has 0 atom stereocenters. The second kappa shape index (κ2) is 3.25. The Morgan fingerprint density at radius 3 is 2.86 bits per heavy atom. The first kappa shape index (κ1) is 8.94. The van der Waals surface area contributed by atoms with Crippen LogP contribution in [0.2, 0.25) is 0 Å². The zero-order valence-corrected chi connectivity index (χ0v) is 8.33. The third-order valence-corrected chi connectivity index (χ3v) is 2.34. The number of hydrogen-bond acceptors (Lipinski definition) is 3. The average Bonchev–Trinajstić information content (AvgIpc) is 2.55. The lowest BCUT2D eigenvalue weighted by Gasteiger charge is -1.98. The molecule has 2 rings (SSSR count). The molecule has 1 heterocycles. The first-order valence-electron chi connectivity index (χ1n) is 4.61. The number of para-hydroxylation sites is 1. The van der Waals surface area contributed by atoms with Crippen LogP contribution in [-0.2, 0) is 6.42 Å². The minimum atomic E-state index is 0.724. The van der Waals surface area contributed by atoms with Gasteiger partial charge in [0.05, 0.1) is 12.8 Å². The van der Waals surface area contributed by atoms with E-state index >= 15 is 0 Å². The summed E-state index contributed by atoms with van der Waals surface area (Å²) in [5, 5.41) is 0.932. The van der Waals surface area contributed by atoms with E-state index in [-0.39, 0.29) is 0 Å². The number of aryl methyl sites for hydroxylation is 1. The van der Waals surface area contributed by atoms with Gasteiger partial charge in [0.15, 0.2) is 11.3 Å². The van der Waals surface area contributed by atoms with E-state index in [1.807, 2.05) is 25.1 Å². The number of benzene rings is 1. The number of ether oxygens (including phenoxy) is 1. The molecule has 0 saturated carbocycles. The number of hydrogen-bond donors (Lipinski definition) is 1. The highest BCUT2D eigenvalue weighted by molar-refractivity contribution is 5.94. The standard InChI is InChI=1S/C11H13NO2/c1-3-8-10(12)7-5-4-6-9(13-2)11(7)14-8/h4-6H,3,12H2,1-2H3. The van der Waals surface area contributed by atoms with Crippen molar-refractivity contribution in [3.05, 3.63) is 24.0 Å². The molecule has 0 radical (unpaired) electrons. The molecule has 0 unspecified atom stereocenters. The van der Waals surface area contributed by atoms with E-state index < -0.39 is 0 Å². The topological polar surface area (TPSA) is 48.4 Å². The van der Waals surface area contributed by atoms with Crippen LogP contribution in [0.4, 0.5) is 5.69 Å². The largest absolute Gasteiger partial charge is 0.493 e. The van der Waals surface area contributed by atoms with Crippen molar-refractivity contribution in [3.8, 4) is 5.75 Å². The second-order valence-corrected chi connectivity index (χ2v) is 3.13. The zero-order chi connectivity index (χ0) is 10.1. The Labute approximate surface area is 82.5 Å². The first-order valence-corrected chi connectivity index (χ1v) is 4.61. The molecule has 3 nitrogen and oxygen atoms in total. The highest BCUT2D eigenvalue weighted by Crippen LogP contribution is 2.34. The van der Waals surface area contributed by atoms with Crippen LogP contribution < -0.4 is 10.5 Å². The van der Waals surface area contributed by atoms with Gasteiger partial charge in [-0.15, -0.1) is 0 Å². The van der Waals surface area contributed by atoms with E-state index in [1.54, 1.807) is 7.11 Å². The minimum Gasteiger partial charge on any atom is -0.493 e. The summed E-state index contributed by atoms with van der Waals surface area (Å²) in [5.74, 6) is 1.55. The molecule has 0 fully saturated rings. The average molecular weight is 191 g/mol. The molecule has 74 valence electrons. The van der Waals surface area contributed by atoms with Crippen molar-refractivity contribution in [2.24, 2.45) is 0 Å². The monoisotopic (exact) mass is 191 g/mol. The zero-order valence-electron chi connectivity index (χ0n) is 8.33. The van der Waals surface area contributed by atoms with Crippen molar-refractivity contribution in [1.29, 1.82) is 0 Å². The van der Waals surface area contributed by atoms with Gasteiger partial charge in [-0.05, 0) is 12.1 Å². The van der Waals surface area contributed by atoms with Gasteiger partial charge in [0.1, 0.15) is 5.76 Å². The van der Waals surface area contributed by atoms with Gasteiger partial charge in [0, 0.05) is 11.8 Å². The molecule has 0 saturated heterocycles. The van der Waals surface area contributed by atoms with Crippen LogP contribution in [0.25, 0.3) is 11.0 Å². The Morgan fingerprint density at radius 1 is 1.43 bits per heavy atom. The van der Waals surface area contributed by atoms with Gasteiger partial charge < -0.3 is 14.9 Å². The maximum absolute atomic E-state index is 5.92. The van der Waals surface area contributed by atoms with Crippen molar-refractivity contribution >= 4 is 16.7 Å². The highest BCUT2D eigenvalue weighted by Gasteiger charge is 2.12. The van der Waals surface area contributed by atoms with Gasteiger partial charge >= 0.3 is 0 Å². The van der Waals surface area contributed by atoms with Crippen molar-refractivity contribution in [3.63, 3.8) is 0 Å². The number of nitrogens with two attached hydrogens (primary N) is 1. The molecule has 0 aliphatic carbocycles. The Hall–Kier alpha value is -1.64. The van der Waals surface area contributed by atoms with Gasteiger partial charge in [-0.2, -0.15) is 0 Å². The van der Waals surface area contributed by atoms with Crippen molar-refractivity contribution in [1.82, 2.24) is 0 Å². The third kappa shape index (κ3) is 1.13. The Bertz CT molecular complexity index is 460. The maximum atomic E-state index is 5.92. The second-order valence-electron chi connectivity index (χ2n) is 3.13. The molecule has 14 heavy (non-hydrogen) atoms. The number of anilines is 1. The highest BCUT2D eigenvalue weighted by atomic mass is 16.5. The van der Waals surface area contributed by atoms with Gasteiger partial charge in [-0.25, -0.2) is 0 Å². The third-order valence-electron chi connectivity index (χ3n) is 2.34. The Morgan fingerprint density at radius 2 is 2.21 bits per heavy atom. The molecule has 0 aliphatic heterocycles. The summed E-state index contributed by atoms with van der Waals surface area (Å²) in [6.07, 6.45) is 0.795. The van der Waals surface area contributed by atoms with E-state index in [0.29, 0.717) is 0 Å². The van der Waals surface area contributed by atoms with Crippen LogP contribution in [0.3, 0.4) is 0 Å². The summed E-state index contributed by atoms with van der Waals surface area (Å²) in [6.45, 7) is 2.01. The molecule has 0 spiro atoms. The van der Waals surface area contributed by atoms with Gasteiger partial charge in [0.25, 0.3) is 0 Å². The number of methoxy groups -OCH3 is 1. The van der Waals surface area contributed by atoms with Crippen LogP contribution in [0.5, 0.6) is 5.75 Å². The fourth-order valence-electron chi connectivity index (χ4n) is 1.58. The summed E-state index contributed by atoms with van der Waals surface area (Å²) in [7, 11) is 1.62. The lowest BCUT2D eigenvalue weighted by molar-refractivity contribution is 0.408. The molecule has 0 amide bonds. The van der Waals surface area contributed by atoms with Gasteiger partial charge in [-0.3, -0.25) is 0 Å². The molecule has 2 N–H and O–H groups in total. The smallest absolute Gasteiger partial charge is 0.178 e. The molecular weight excluding hydrogens is 178 g/mol. The molecule has 2 aromatic rings. The summed E-state index contributed by atoms with van der Waals surface area (Å²) >= 11 is 0. The van der Waals surface area contributed by atoms with Gasteiger partial charge in [0.2, 0.25) is 0 Å². The fourth-order valence-corrected chi connectivity index (χ4v) is 1.58. The number of nitrogen functional groups attached to an aromatic ring is 1. The summed E-state index contributed by atoms with van der Waals surface area (Å²) in [4.78, 5) is 0. The lowest BCUT2D eigenvalue weighted by atomic mass is 10.2. The molecule has 0 bridgehead atoms. The van der Waals surface area contributed by atoms with E-state index in [1.165, 1.54) is 0 Å². The minimum absolute atomic E-state index is 0.724. The maximum Gasteiger partial charge on any atom is 0.178 e. The fraction of sp³-hybridized carbons (Fsp3) is 0.273. The Kier molecular flexibility index (Phi) is 2.08. The van der Waals surface area contributed by atoms with Gasteiger partial charge in [-0.1, -0.05) is 13.0 Å². The predicted molar refractivity (Wildman–Crippen MR) is 56.6 cm³/mol. The van der Waals surface area contributed by atoms with Crippen LogP contribution in [0, 0.1) is 0 Å². The normalized spacial score (nSPS) is 10.7. The number of rotatable bonds is 2.